The van der Waals surface area contributed by atoms with Crippen LogP contribution in [-0.4, -0.2) is 14.7 Å². The van der Waals surface area contributed by atoms with Gasteiger partial charge < -0.3 is 9.67 Å². The predicted molar refractivity (Wildman–Crippen MR) is 36.5 cm³/mol. The van der Waals surface area contributed by atoms with Crippen molar-refractivity contribution in [2.75, 3.05) is 0 Å². The number of nitrogens with zero attached hydrogens (tertiary/aromatic N) is 2. The summed E-state index contributed by atoms with van der Waals surface area (Å²) in [7, 11) is 0. The van der Waals surface area contributed by atoms with Crippen molar-refractivity contribution in [3.05, 3.63) is 17.7 Å². The molecule has 0 unspecified atom stereocenters. The molecule has 0 aliphatic carbocycles. The number of aryl methyl sites for hydroxylation is 2. The van der Waals surface area contributed by atoms with E-state index in [4.69, 9.17) is 5.11 Å². The quantitative estimate of drug-likeness (QED) is 0.607. The summed E-state index contributed by atoms with van der Waals surface area (Å²) in [6, 6.07) is 0. The molecule has 1 aliphatic rings. The van der Waals surface area contributed by atoms with Gasteiger partial charge in [-0.2, -0.15) is 0 Å². The van der Waals surface area contributed by atoms with Gasteiger partial charge in [0, 0.05) is 19.2 Å². The molecule has 0 spiro atoms. The maximum absolute atomic E-state index is 8.72. The Labute approximate surface area is 59.3 Å². The molecule has 1 aromatic rings. The molecule has 2 rings (SSSR count). The third-order valence-corrected chi connectivity index (χ3v) is 1.87. The average molecular weight is 138 g/mol. The highest BCUT2D eigenvalue weighted by Crippen LogP contribution is 2.13. The number of aromatic nitrogens is 2. The first-order valence-electron chi connectivity index (χ1n) is 3.56. The zero-order valence-corrected chi connectivity index (χ0v) is 5.75. The Morgan fingerprint density at radius 2 is 2.60 bits per heavy atom. The molecule has 0 amide bonds. The van der Waals surface area contributed by atoms with Crippen molar-refractivity contribution < 1.29 is 5.11 Å². The van der Waals surface area contributed by atoms with Gasteiger partial charge >= 0.3 is 0 Å². The molecular weight excluding hydrogens is 128 g/mol. The van der Waals surface area contributed by atoms with Crippen molar-refractivity contribution in [1.29, 1.82) is 0 Å². The molecule has 0 radical (unpaired) electrons. The first-order valence-corrected chi connectivity index (χ1v) is 3.56. The molecule has 0 fully saturated rings. The van der Waals surface area contributed by atoms with Crippen LogP contribution in [-0.2, 0) is 19.6 Å². The number of rotatable bonds is 1. The Kier molecular flexibility index (Phi) is 1.24. The van der Waals surface area contributed by atoms with Crippen molar-refractivity contribution in [1.82, 2.24) is 9.55 Å². The van der Waals surface area contributed by atoms with E-state index in [0.717, 1.165) is 24.5 Å². The van der Waals surface area contributed by atoms with Crippen LogP contribution in [0.5, 0.6) is 0 Å². The van der Waals surface area contributed by atoms with Crippen molar-refractivity contribution >= 4 is 0 Å². The van der Waals surface area contributed by atoms with Crippen molar-refractivity contribution in [2.24, 2.45) is 0 Å². The molecule has 0 aromatic carbocycles. The highest BCUT2D eigenvalue weighted by Gasteiger charge is 2.12. The van der Waals surface area contributed by atoms with Crippen LogP contribution in [0.25, 0.3) is 0 Å². The highest BCUT2D eigenvalue weighted by atomic mass is 16.3. The summed E-state index contributed by atoms with van der Waals surface area (Å²) in [4.78, 5) is 4.22. The van der Waals surface area contributed by atoms with Crippen molar-refractivity contribution in [3.8, 4) is 0 Å². The molecule has 3 nitrogen and oxygen atoms in total. The fraction of sp³-hybridized carbons (Fsp3) is 0.571. The maximum Gasteiger partial charge on any atom is 0.109 e. The van der Waals surface area contributed by atoms with E-state index < -0.39 is 0 Å². The van der Waals surface area contributed by atoms with Crippen LogP contribution in [0.4, 0.5) is 0 Å². The van der Waals surface area contributed by atoms with Gasteiger partial charge in [-0.05, 0) is 6.42 Å². The SMILES string of the molecule is OCc1cn2c(n1)CCC2. The second-order valence-corrected chi connectivity index (χ2v) is 2.60. The van der Waals surface area contributed by atoms with E-state index in [0.29, 0.717) is 0 Å². The molecule has 1 aliphatic heterocycles. The summed E-state index contributed by atoms with van der Waals surface area (Å²) < 4.78 is 2.12. The van der Waals surface area contributed by atoms with Gasteiger partial charge in [-0.1, -0.05) is 0 Å². The molecule has 2 heterocycles. The van der Waals surface area contributed by atoms with E-state index in [1.807, 2.05) is 6.20 Å². The molecule has 0 bridgehead atoms. The minimum absolute atomic E-state index is 0.0694. The Hall–Kier alpha value is -0.830. The minimum atomic E-state index is 0.0694. The molecule has 54 valence electrons. The lowest BCUT2D eigenvalue weighted by Gasteiger charge is -1.89. The third kappa shape index (κ3) is 0.743. The minimum Gasteiger partial charge on any atom is -0.390 e. The standard InChI is InChI=1S/C7H10N2O/c10-5-6-4-9-3-1-2-7(9)8-6/h4,10H,1-3,5H2. The smallest absolute Gasteiger partial charge is 0.109 e. The number of aliphatic hydroxyl groups is 1. The second-order valence-electron chi connectivity index (χ2n) is 2.60. The number of aliphatic hydroxyl groups excluding tert-OH is 1. The van der Waals surface area contributed by atoms with Crippen LogP contribution in [0.1, 0.15) is 17.9 Å². The molecule has 0 saturated heterocycles. The number of imidazole rings is 1. The van der Waals surface area contributed by atoms with Gasteiger partial charge in [-0.3, -0.25) is 0 Å². The van der Waals surface area contributed by atoms with E-state index in [2.05, 4.69) is 9.55 Å². The Bertz CT molecular complexity index is 220. The lowest BCUT2D eigenvalue weighted by molar-refractivity contribution is 0.277. The normalized spacial score (nSPS) is 15.7. The van der Waals surface area contributed by atoms with Crippen molar-refractivity contribution in [3.63, 3.8) is 0 Å². The largest absolute Gasteiger partial charge is 0.390 e. The van der Waals surface area contributed by atoms with E-state index in [1.54, 1.807) is 0 Å². The second kappa shape index (κ2) is 2.09. The monoisotopic (exact) mass is 138 g/mol. The summed E-state index contributed by atoms with van der Waals surface area (Å²) in [6.45, 7) is 1.14. The average Bonchev–Trinajstić information content (AvgIpc) is 2.42. The fourth-order valence-electron chi connectivity index (χ4n) is 1.39. The molecule has 1 N–H and O–H groups in total. The molecule has 0 atom stereocenters. The van der Waals surface area contributed by atoms with Gasteiger partial charge in [0.15, 0.2) is 0 Å². The van der Waals surface area contributed by atoms with E-state index in [-0.39, 0.29) is 6.61 Å². The van der Waals surface area contributed by atoms with Crippen LogP contribution < -0.4 is 0 Å². The van der Waals surface area contributed by atoms with Crippen LogP contribution >= 0.6 is 0 Å². The van der Waals surface area contributed by atoms with E-state index in [1.165, 1.54) is 6.42 Å². The predicted octanol–water partition coefficient (Wildman–Crippen LogP) is 0.322. The fourth-order valence-corrected chi connectivity index (χ4v) is 1.39. The van der Waals surface area contributed by atoms with Crippen LogP contribution in [0.3, 0.4) is 0 Å². The Morgan fingerprint density at radius 3 is 3.30 bits per heavy atom. The molecule has 3 heteroatoms. The van der Waals surface area contributed by atoms with Gasteiger partial charge in [0.05, 0.1) is 12.3 Å². The van der Waals surface area contributed by atoms with Crippen LogP contribution in [0, 0.1) is 0 Å². The van der Waals surface area contributed by atoms with Gasteiger partial charge in [-0.25, -0.2) is 4.98 Å². The zero-order chi connectivity index (χ0) is 6.97. The van der Waals surface area contributed by atoms with E-state index >= 15 is 0 Å². The molecule has 10 heavy (non-hydrogen) atoms. The lowest BCUT2D eigenvalue weighted by atomic mass is 10.3. The number of hydrogen-bond donors (Lipinski definition) is 1. The van der Waals surface area contributed by atoms with Crippen LogP contribution in [0.2, 0.25) is 0 Å². The summed E-state index contributed by atoms with van der Waals surface area (Å²) in [6.07, 6.45) is 4.20. The number of fused-ring (bicyclic) bond motifs is 1. The summed E-state index contributed by atoms with van der Waals surface area (Å²) in [5, 5.41) is 8.72. The van der Waals surface area contributed by atoms with Crippen molar-refractivity contribution in [2.45, 2.75) is 26.0 Å². The van der Waals surface area contributed by atoms with Crippen LogP contribution in [0.15, 0.2) is 6.20 Å². The highest BCUT2D eigenvalue weighted by molar-refractivity contribution is 5.06. The summed E-state index contributed by atoms with van der Waals surface area (Å²) in [5.74, 6) is 1.13. The zero-order valence-electron chi connectivity index (χ0n) is 5.75. The van der Waals surface area contributed by atoms with E-state index in [9.17, 15) is 0 Å². The maximum atomic E-state index is 8.72. The van der Waals surface area contributed by atoms with Gasteiger partial charge in [0.2, 0.25) is 0 Å². The first-order chi connectivity index (χ1) is 4.90. The molecule has 0 saturated carbocycles. The Balaban J connectivity index is 2.37. The van der Waals surface area contributed by atoms with Gasteiger partial charge in [-0.15, -0.1) is 0 Å². The molecular formula is C7H10N2O. The first kappa shape index (κ1) is 5.92. The topological polar surface area (TPSA) is 38.0 Å². The third-order valence-electron chi connectivity index (χ3n) is 1.87. The Morgan fingerprint density at radius 1 is 1.70 bits per heavy atom. The summed E-state index contributed by atoms with van der Waals surface area (Å²) in [5.41, 5.74) is 0.801. The lowest BCUT2D eigenvalue weighted by Crippen LogP contribution is -1.87. The molecule has 1 aromatic heterocycles. The van der Waals surface area contributed by atoms with Gasteiger partial charge in [0.25, 0.3) is 0 Å². The summed E-state index contributed by atoms with van der Waals surface area (Å²) >= 11 is 0. The number of hydrogen-bond acceptors (Lipinski definition) is 2. The van der Waals surface area contributed by atoms with Gasteiger partial charge in [0.1, 0.15) is 5.82 Å².